The summed E-state index contributed by atoms with van der Waals surface area (Å²) in [5, 5.41) is -0.905. The predicted octanol–water partition coefficient (Wildman–Crippen LogP) is 9.18. The zero-order valence-electron chi connectivity index (χ0n) is 31.0. The first-order valence-electron chi connectivity index (χ1n) is 17.9. The molecule has 0 spiro atoms. The second-order valence-electron chi connectivity index (χ2n) is 14.2. The van der Waals surface area contributed by atoms with E-state index in [9.17, 15) is 23.5 Å². The summed E-state index contributed by atoms with van der Waals surface area (Å²) in [6.45, 7) is 20.5. The van der Waals surface area contributed by atoms with Crippen LogP contribution < -0.4 is 5.73 Å². The molecule has 0 unspecified atom stereocenters. The molecule has 9 nitrogen and oxygen atoms in total. The maximum atomic E-state index is 14.6. The normalized spacial score (nSPS) is 13.4. The smallest absolute Gasteiger partial charge is 0.417 e. The van der Waals surface area contributed by atoms with E-state index >= 15 is 0 Å². The summed E-state index contributed by atoms with van der Waals surface area (Å²) in [6.07, 6.45) is 6.17. The highest BCUT2D eigenvalue weighted by atomic mass is 31.2. The van der Waals surface area contributed by atoms with Crippen molar-refractivity contribution in [3.63, 3.8) is 0 Å². The van der Waals surface area contributed by atoms with Crippen molar-refractivity contribution in [3.8, 4) is 11.1 Å². The number of carbonyl (C=O) groups excluding carboxylic acids is 3. The van der Waals surface area contributed by atoms with E-state index in [2.05, 4.69) is 26.3 Å². The molecule has 1 aliphatic rings. The van der Waals surface area contributed by atoms with Gasteiger partial charge in [0.15, 0.2) is 0 Å². The number of hydrogen-bond donors (Lipinski definition) is 1. The quantitative estimate of drug-likeness (QED) is 0.0578. The average molecular weight is 751 g/mol. The van der Waals surface area contributed by atoms with E-state index in [1.54, 1.807) is 20.8 Å². The summed E-state index contributed by atoms with van der Waals surface area (Å²) in [6, 6.07) is 14.5. The number of imide groups is 1. The average Bonchev–Trinajstić information content (AvgIpc) is 3.40. The van der Waals surface area contributed by atoms with Crippen LogP contribution in [0.3, 0.4) is 0 Å². The number of nitrogens with two attached hydrogens (primary N) is 1. The number of nitrogens with zero attached hydrogens (tertiary/aromatic N) is 1. The Morgan fingerprint density at radius 3 is 1.73 bits per heavy atom. The van der Waals surface area contributed by atoms with Crippen LogP contribution in [0.4, 0.5) is 4.79 Å². The van der Waals surface area contributed by atoms with Crippen LogP contribution in [-0.4, -0.2) is 77.7 Å². The summed E-state index contributed by atoms with van der Waals surface area (Å²) in [5.41, 5.74) is 8.93. The standard InChI is InChI=1S/C41H56N2O7P2/c1-8-26-51(47,27-9-2)38(52(48,28-10-3)29-11-4)24-23-37(44)43(36(22-16-17-25-42)39(45)50-41(5,6)7)40(46)49-30-35-33-20-14-12-18-31(33)32-19-13-15-21-34(32)35/h8-15,18-21,35-36,38H,1-4,16-17,22-30,42H2,5-7H3/t36-/m0/s1. The number of esters is 1. The van der Waals surface area contributed by atoms with Gasteiger partial charge in [0.25, 0.3) is 0 Å². The van der Waals surface area contributed by atoms with E-state index < -0.39 is 49.3 Å². The minimum absolute atomic E-state index is 0.0757. The van der Waals surface area contributed by atoms with Gasteiger partial charge in [-0.2, -0.15) is 0 Å². The van der Waals surface area contributed by atoms with Crippen molar-refractivity contribution in [2.75, 3.05) is 37.8 Å². The number of allylic oxidation sites excluding steroid dienone is 4. The number of ether oxygens (including phenoxy) is 2. The number of hydrogen-bond acceptors (Lipinski definition) is 8. The minimum atomic E-state index is -3.29. The Labute approximate surface area is 310 Å². The van der Waals surface area contributed by atoms with Crippen LogP contribution >= 0.6 is 14.3 Å². The van der Waals surface area contributed by atoms with Crippen LogP contribution in [0.15, 0.2) is 99.2 Å². The number of fused-ring (bicyclic) bond motifs is 3. The molecule has 2 amide bonds. The van der Waals surface area contributed by atoms with E-state index in [-0.39, 0.29) is 56.4 Å². The number of unbranched alkanes of at least 4 members (excludes halogenated alkanes) is 1. The summed E-state index contributed by atoms with van der Waals surface area (Å²) in [5.74, 6) is -1.77. The Morgan fingerprint density at radius 1 is 0.808 bits per heavy atom. The molecule has 0 saturated carbocycles. The van der Waals surface area contributed by atoms with Crippen LogP contribution in [-0.2, 0) is 28.2 Å². The van der Waals surface area contributed by atoms with Crippen LogP contribution in [0.1, 0.15) is 69.9 Å². The van der Waals surface area contributed by atoms with Gasteiger partial charge in [-0.05, 0) is 75.3 Å². The highest BCUT2D eigenvalue weighted by Gasteiger charge is 2.45. The molecule has 0 bridgehead atoms. The molecule has 0 fully saturated rings. The highest BCUT2D eigenvalue weighted by molar-refractivity contribution is 7.82. The largest absolute Gasteiger partial charge is 0.458 e. The fraction of sp³-hybridized carbons (Fsp3) is 0.439. The molecular weight excluding hydrogens is 694 g/mol. The van der Waals surface area contributed by atoms with Gasteiger partial charge in [-0.1, -0.05) is 72.8 Å². The second kappa shape index (κ2) is 19.3. The highest BCUT2D eigenvalue weighted by Crippen LogP contribution is 2.69. The molecule has 282 valence electrons. The first-order chi connectivity index (χ1) is 24.7. The summed E-state index contributed by atoms with van der Waals surface area (Å²) in [7, 11) is -6.58. The van der Waals surface area contributed by atoms with Crippen molar-refractivity contribution < 1.29 is 33.0 Å². The van der Waals surface area contributed by atoms with Crippen molar-refractivity contribution in [2.24, 2.45) is 5.73 Å². The number of carbonyl (C=O) groups is 3. The summed E-state index contributed by atoms with van der Waals surface area (Å²) < 4.78 is 40.8. The molecule has 0 aliphatic heterocycles. The van der Waals surface area contributed by atoms with Crippen molar-refractivity contribution in [1.29, 1.82) is 0 Å². The molecule has 1 aliphatic carbocycles. The van der Waals surface area contributed by atoms with Crippen molar-refractivity contribution in [1.82, 2.24) is 4.90 Å². The fourth-order valence-electron chi connectivity index (χ4n) is 7.01. The Hall–Kier alpha value is -3.77. The van der Waals surface area contributed by atoms with E-state index in [4.69, 9.17) is 15.2 Å². The molecule has 0 radical (unpaired) electrons. The SMILES string of the molecule is C=CCP(=O)(CC=C)C(CCC(=O)N(C(=O)OCC1c2ccccc2-c2ccccc21)[C@@H](CCCCN)C(=O)OC(C)(C)C)P(=O)(CC=C)CC=C. The lowest BCUT2D eigenvalue weighted by Gasteiger charge is -2.34. The molecule has 0 saturated heterocycles. The van der Waals surface area contributed by atoms with Gasteiger partial charge in [-0.15, -0.1) is 26.3 Å². The van der Waals surface area contributed by atoms with E-state index in [0.717, 1.165) is 27.2 Å². The zero-order chi connectivity index (χ0) is 38.5. The molecular formula is C41H56N2O7P2. The first kappa shape index (κ1) is 42.6. The monoisotopic (exact) mass is 750 g/mol. The lowest BCUT2D eigenvalue weighted by atomic mass is 9.98. The summed E-state index contributed by atoms with van der Waals surface area (Å²) >= 11 is 0. The molecule has 2 aromatic carbocycles. The number of benzene rings is 2. The van der Waals surface area contributed by atoms with Gasteiger partial charge in [0.1, 0.15) is 32.5 Å². The van der Waals surface area contributed by atoms with Crippen molar-refractivity contribution in [2.45, 2.75) is 75.8 Å². The van der Waals surface area contributed by atoms with E-state index in [1.807, 2.05) is 48.5 Å². The Bertz CT molecular complexity index is 1600. The van der Waals surface area contributed by atoms with Gasteiger partial charge in [-0.25, -0.2) is 14.5 Å². The van der Waals surface area contributed by atoms with Crippen LogP contribution in [0.25, 0.3) is 11.1 Å². The van der Waals surface area contributed by atoms with Gasteiger partial charge in [0.2, 0.25) is 5.91 Å². The molecule has 0 aromatic heterocycles. The third-order valence-electron chi connectivity index (χ3n) is 9.18. The molecule has 52 heavy (non-hydrogen) atoms. The molecule has 1 atom stereocenters. The zero-order valence-corrected chi connectivity index (χ0v) is 32.8. The maximum absolute atomic E-state index is 14.6. The molecule has 11 heteroatoms. The van der Waals surface area contributed by atoms with Crippen LogP contribution in [0, 0.1) is 0 Å². The van der Waals surface area contributed by atoms with E-state index in [1.165, 1.54) is 24.3 Å². The summed E-state index contributed by atoms with van der Waals surface area (Å²) in [4.78, 5) is 43.3. The third kappa shape index (κ3) is 10.7. The molecule has 2 aromatic rings. The molecule has 0 heterocycles. The minimum Gasteiger partial charge on any atom is -0.458 e. The van der Waals surface area contributed by atoms with Gasteiger partial charge in [0, 0.05) is 37.0 Å². The Balaban J connectivity index is 2.05. The fourth-order valence-corrected chi connectivity index (χ4v) is 15.4. The molecule has 3 rings (SSSR count). The maximum Gasteiger partial charge on any atom is 0.417 e. The number of amides is 2. The van der Waals surface area contributed by atoms with E-state index in [0.29, 0.717) is 19.4 Å². The Kier molecular flexibility index (Phi) is 15.9. The van der Waals surface area contributed by atoms with Crippen LogP contribution in [0.5, 0.6) is 0 Å². The Morgan fingerprint density at radius 2 is 1.29 bits per heavy atom. The van der Waals surface area contributed by atoms with Gasteiger partial charge >= 0.3 is 12.1 Å². The molecule has 2 N–H and O–H groups in total. The van der Waals surface area contributed by atoms with Gasteiger partial charge < -0.3 is 24.3 Å². The lowest BCUT2D eigenvalue weighted by molar-refractivity contribution is -0.164. The second-order valence-corrected chi connectivity index (χ2v) is 21.1. The third-order valence-corrected chi connectivity index (χ3v) is 17.9. The van der Waals surface area contributed by atoms with Gasteiger partial charge in [0.05, 0.1) is 5.40 Å². The first-order valence-corrected chi connectivity index (χ1v) is 22.2. The van der Waals surface area contributed by atoms with Crippen LogP contribution in [0.2, 0.25) is 0 Å². The van der Waals surface area contributed by atoms with Gasteiger partial charge in [-0.3, -0.25) is 4.79 Å². The number of rotatable bonds is 21. The lowest BCUT2D eigenvalue weighted by Crippen LogP contribution is -2.51. The van der Waals surface area contributed by atoms with Crippen molar-refractivity contribution in [3.05, 3.63) is 110 Å². The topological polar surface area (TPSA) is 133 Å². The predicted molar refractivity (Wildman–Crippen MR) is 213 cm³/mol. The van der Waals surface area contributed by atoms with Crippen molar-refractivity contribution >= 4 is 32.3 Å².